The van der Waals surface area contributed by atoms with Gasteiger partial charge in [0, 0.05) is 17.7 Å². The molecule has 3 nitrogen and oxygen atoms in total. The van der Waals surface area contributed by atoms with Crippen molar-refractivity contribution in [2.75, 3.05) is 11.2 Å². The van der Waals surface area contributed by atoms with E-state index in [1.165, 1.54) is 0 Å². The zero-order chi connectivity index (χ0) is 11.7. The van der Waals surface area contributed by atoms with Crippen LogP contribution in [-0.2, 0) is 11.2 Å². The lowest BCUT2D eigenvalue weighted by molar-refractivity contribution is -0.116. The molecule has 1 aromatic carbocycles. The average Bonchev–Trinajstić information content (AvgIpc) is 2.28. The summed E-state index contributed by atoms with van der Waals surface area (Å²) in [5, 5.41) is 2.83. The van der Waals surface area contributed by atoms with E-state index in [9.17, 15) is 9.59 Å². The van der Waals surface area contributed by atoms with Crippen LogP contribution in [0.3, 0.4) is 0 Å². The highest BCUT2D eigenvalue weighted by molar-refractivity contribution is 6.30. The van der Waals surface area contributed by atoms with E-state index in [1.807, 2.05) is 13.0 Å². The second-order valence-electron chi connectivity index (χ2n) is 3.93. The van der Waals surface area contributed by atoms with Crippen LogP contribution in [0.4, 0.5) is 5.69 Å². The van der Waals surface area contributed by atoms with Crippen LogP contribution in [0.5, 0.6) is 0 Å². The number of ketones is 1. The number of aryl methyl sites for hydroxylation is 2. The summed E-state index contributed by atoms with van der Waals surface area (Å²) in [5.74, 6) is -0.0543. The number of alkyl halides is 1. The van der Waals surface area contributed by atoms with Gasteiger partial charge in [-0.15, -0.1) is 11.6 Å². The highest BCUT2D eigenvalue weighted by atomic mass is 35.5. The number of amides is 1. The van der Waals surface area contributed by atoms with Crippen molar-refractivity contribution in [1.82, 2.24) is 0 Å². The molecule has 0 bridgehead atoms. The molecule has 1 aromatic rings. The standard InChI is InChI=1S/C12H12ClNO2/c1-7-4-9(10(15)6-13)5-8-2-3-11(16)14-12(7)8/h4-5H,2-3,6H2,1H3,(H,14,16). The van der Waals surface area contributed by atoms with E-state index in [4.69, 9.17) is 11.6 Å². The fourth-order valence-corrected chi connectivity index (χ4v) is 2.08. The fourth-order valence-electron chi connectivity index (χ4n) is 1.92. The minimum atomic E-state index is -0.0792. The van der Waals surface area contributed by atoms with Crippen LogP contribution < -0.4 is 5.32 Å². The topological polar surface area (TPSA) is 46.2 Å². The summed E-state index contributed by atoms with van der Waals surface area (Å²) in [6.07, 6.45) is 1.16. The Morgan fingerprint density at radius 3 is 2.88 bits per heavy atom. The van der Waals surface area contributed by atoms with Crippen molar-refractivity contribution in [2.24, 2.45) is 0 Å². The maximum absolute atomic E-state index is 11.5. The van der Waals surface area contributed by atoms with Gasteiger partial charge in [-0.05, 0) is 36.6 Å². The summed E-state index contributed by atoms with van der Waals surface area (Å²) < 4.78 is 0. The molecule has 0 unspecified atom stereocenters. The van der Waals surface area contributed by atoms with Crippen molar-refractivity contribution in [3.8, 4) is 0 Å². The summed E-state index contributed by atoms with van der Waals surface area (Å²) in [6, 6.07) is 3.60. The van der Waals surface area contributed by atoms with Gasteiger partial charge in [-0.3, -0.25) is 9.59 Å². The van der Waals surface area contributed by atoms with Crippen molar-refractivity contribution >= 4 is 29.0 Å². The lowest BCUT2D eigenvalue weighted by Gasteiger charge is -2.19. The molecule has 1 amide bonds. The van der Waals surface area contributed by atoms with Gasteiger partial charge in [0.05, 0.1) is 5.88 Å². The number of carbonyl (C=O) groups excluding carboxylic acids is 2. The van der Waals surface area contributed by atoms with Crippen LogP contribution in [0.2, 0.25) is 0 Å². The number of rotatable bonds is 2. The molecule has 0 fully saturated rings. The van der Waals surface area contributed by atoms with Crippen LogP contribution >= 0.6 is 11.6 Å². The Balaban J connectivity index is 2.46. The number of fused-ring (bicyclic) bond motifs is 1. The quantitative estimate of drug-likeness (QED) is 0.634. The molecule has 1 N–H and O–H groups in total. The fraction of sp³-hybridized carbons (Fsp3) is 0.333. The monoisotopic (exact) mass is 237 g/mol. The third-order valence-electron chi connectivity index (χ3n) is 2.75. The molecule has 0 saturated heterocycles. The number of halogens is 1. The van der Waals surface area contributed by atoms with Gasteiger partial charge in [0.25, 0.3) is 0 Å². The Bertz CT molecular complexity index is 468. The molecule has 0 atom stereocenters. The second kappa shape index (κ2) is 4.26. The summed E-state index contributed by atoms with van der Waals surface area (Å²) in [7, 11) is 0. The molecule has 1 aliphatic rings. The van der Waals surface area contributed by atoms with Gasteiger partial charge in [0.15, 0.2) is 5.78 Å². The molecule has 0 radical (unpaired) electrons. The van der Waals surface area contributed by atoms with Gasteiger partial charge >= 0.3 is 0 Å². The van der Waals surface area contributed by atoms with Gasteiger partial charge in [0.1, 0.15) is 0 Å². The Kier molecular flexibility index (Phi) is 2.97. The van der Waals surface area contributed by atoms with Crippen LogP contribution in [0, 0.1) is 6.92 Å². The van der Waals surface area contributed by atoms with Crippen molar-refractivity contribution in [1.29, 1.82) is 0 Å². The first-order valence-corrected chi connectivity index (χ1v) is 5.68. The van der Waals surface area contributed by atoms with Crippen LogP contribution in [0.1, 0.15) is 27.9 Å². The smallest absolute Gasteiger partial charge is 0.224 e. The molecular weight excluding hydrogens is 226 g/mol. The number of hydrogen-bond acceptors (Lipinski definition) is 2. The van der Waals surface area contributed by atoms with Gasteiger partial charge < -0.3 is 5.32 Å². The number of carbonyl (C=O) groups is 2. The van der Waals surface area contributed by atoms with E-state index in [0.717, 1.165) is 16.8 Å². The van der Waals surface area contributed by atoms with Crippen LogP contribution in [-0.4, -0.2) is 17.6 Å². The summed E-state index contributed by atoms with van der Waals surface area (Å²) in [4.78, 5) is 22.8. The van der Waals surface area contributed by atoms with E-state index in [2.05, 4.69) is 5.32 Å². The van der Waals surface area contributed by atoms with E-state index in [0.29, 0.717) is 18.4 Å². The van der Waals surface area contributed by atoms with Crippen LogP contribution in [0.15, 0.2) is 12.1 Å². The van der Waals surface area contributed by atoms with Crippen molar-refractivity contribution < 1.29 is 9.59 Å². The van der Waals surface area contributed by atoms with Crippen molar-refractivity contribution in [2.45, 2.75) is 19.8 Å². The minimum Gasteiger partial charge on any atom is -0.326 e. The molecule has 0 spiro atoms. The average molecular weight is 238 g/mol. The zero-order valence-corrected chi connectivity index (χ0v) is 9.73. The van der Waals surface area contributed by atoms with Gasteiger partial charge in [-0.25, -0.2) is 0 Å². The van der Waals surface area contributed by atoms with Gasteiger partial charge in [-0.1, -0.05) is 0 Å². The number of Topliss-reactive ketones (excluding diaryl/α,β-unsaturated/α-hetero) is 1. The zero-order valence-electron chi connectivity index (χ0n) is 8.97. The second-order valence-corrected chi connectivity index (χ2v) is 4.20. The minimum absolute atomic E-state index is 0.00934. The molecule has 1 heterocycles. The number of nitrogens with one attached hydrogen (secondary N) is 1. The van der Waals surface area contributed by atoms with E-state index >= 15 is 0 Å². The van der Waals surface area contributed by atoms with Gasteiger partial charge in [0.2, 0.25) is 5.91 Å². The Morgan fingerprint density at radius 2 is 2.19 bits per heavy atom. The molecule has 0 aliphatic carbocycles. The molecule has 16 heavy (non-hydrogen) atoms. The highest BCUT2D eigenvalue weighted by Crippen LogP contribution is 2.28. The highest BCUT2D eigenvalue weighted by Gasteiger charge is 2.18. The Morgan fingerprint density at radius 1 is 1.44 bits per heavy atom. The van der Waals surface area contributed by atoms with E-state index in [1.54, 1.807) is 6.07 Å². The van der Waals surface area contributed by atoms with Gasteiger partial charge in [-0.2, -0.15) is 0 Å². The van der Waals surface area contributed by atoms with E-state index in [-0.39, 0.29) is 17.6 Å². The predicted octanol–water partition coefficient (Wildman–Crippen LogP) is 2.30. The Hall–Kier alpha value is -1.35. The van der Waals surface area contributed by atoms with Crippen molar-refractivity contribution in [3.63, 3.8) is 0 Å². The summed E-state index contributed by atoms with van der Waals surface area (Å²) >= 11 is 5.53. The lowest BCUT2D eigenvalue weighted by atomic mass is 9.95. The number of benzene rings is 1. The molecule has 0 aromatic heterocycles. The molecule has 4 heteroatoms. The Labute approximate surface area is 98.8 Å². The van der Waals surface area contributed by atoms with Crippen molar-refractivity contribution in [3.05, 3.63) is 28.8 Å². The predicted molar refractivity (Wildman–Crippen MR) is 63.2 cm³/mol. The molecule has 0 saturated carbocycles. The first kappa shape index (κ1) is 11.1. The van der Waals surface area contributed by atoms with Crippen LogP contribution in [0.25, 0.3) is 0 Å². The number of anilines is 1. The lowest BCUT2D eigenvalue weighted by Crippen LogP contribution is -2.20. The first-order chi connectivity index (χ1) is 7.61. The summed E-state index contributed by atoms with van der Waals surface area (Å²) in [6.45, 7) is 1.88. The van der Waals surface area contributed by atoms with E-state index < -0.39 is 0 Å². The maximum Gasteiger partial charge on any atom is 0.224 e. The largest absolute Gasteiger partial charge is 0.326 e. The third kappa shape index (κ3) is 1.95. The summed E-state index contributed by atoms with van der Waals surface area (Å²) in [5.41, 5.74) is 3.41. The normalized spacial score (nSPS) is 14.2. The molecule has 84 valence electrons. The molecule has 1 aliphatic heterocycles. The molecular formula is C12H12ClNO2. The SMILES string of the molecule is Cc1cc(C(=O)CCl)cc2c1NC(=O)CC2. The number of hydrogen-bond donors (Lipinski definition) is 1. The third-order valence-corrected chi connectivity index (χ3v) is 2.99. The molecule has 2 rings (SSSR count). The first-order valence-electron chi connectivity index (χ1n) is 5.14. The maximum atomic E-state index is 11.5.